The third kappa shape index (κ3) is 1.98. The Bertz CT molecular complexity index is 573. The second kappa shape index (κ2) is 4.12. The minimum absolute atomic E-state index is 0.142. The molecule has 0 aliphatic heterocycles. The highest BCUT2D eigenvalue weighted by Gasteiger charge is 2.29. The van der Waals surface area contributed by atoms with Crippen LogP contribution < -0.4 is 11.1 Å². The van der Waals surface area contributed by atoms with E-state index < -0.39 is 0 Å². The average molecular weight is 242 g/mol. The molecule has 18 heavy (non-hydrogen) atoms. The molecule has 0 amide bonds. The summed E-state index contributed by atoms with van der Waals surface area (Å²) in [4.78, 5) is 8.63. The van der Waals surface area contributed by atoms with Gasteiger partial charge in [-0.1, -0.05) is 25.0 Å². The maximum Gasteiger partial charge on any atom is 0.222 e. The minimum Gasteiger partial charge on any atom is -0.368 e. The summed E-state index contributed by atoms with van der Waals surface area (Å²) in [5, 5.41) is 4.61. The van der Waals surface area contributed by atoms with Gasteiger partial charge >= 0.3 is 0 Å². The topological polar surface area (TPSA) is 63.8 Å². The van der Waals surface area contributed by atoms with Crippen LogP contribution in [0.3, 0.4) is 0 Å². The molecule has 1 fully saturated rings. The van der Waals surface area contributed by atoms with Crippen molar-refractivity contribution in [3.05, 3.63) is 24.3 Å². The number of hydrogen-bond donors (Lipinski definition) is 2. The molecule has 1 aliphatic carbocycles. The van der Waals surface area contributed by atoms with Gasteiger partial charge in [0, 0.05) is 10.9 Å². The van der Waals surface area contributed by atoms with Gasteiger partial charge in [0.1, 0.15) is 5.82 Å². The highest BCUT2D eigenvalue weighted by molar-refractivity contribution is 5.90. The molecule has 1 saturated carbocycles. The van der Waals surface area contributed by atoms with Gasteiger partial charge < -0.3 is 11.1 Å². The van der Waals surface area contributed by atoms with Crippen molar-refractivity contribution in [2.75, 3.05) is 11.1 Å². The lowest BCUT2D eigenvalue weighted by Gasteiger charge is -2.26. The Morgan fingerprint density at radius 3 is 2.67 bits per heavy atom. The predicted molar refractivity (Wildman–Crippen MR) is 74.4 cm³/mol. The Hall–Kier alpha value is -1.84. The van der Waals surface area contributed by atoms with Crippen LogP contribution in [0.1, 0.15) is 32.6 Å². The molecule has 0 unspecified atom stereocenters. The molecule has 3 N–H and O–H groups in total. The van der Waals surface area contributed by atoms with Crippen molar-refractivity contribution in [1.82, 2.24) is 9.97 Å². The van der Waals surface area contributed by atoms with Crippen LogP contribution >= 0.6 is 0 Å². The molecule has 0 spiro atoms. The molecule has 1 aliphatic rings. The van der Waals surface area contributed by atoms with Crippen LogP contribution in [0.2, 0.25) is 0 Å². The highest BCUT2D eigenvalue weighted by atomic mass is 15.1. The molecule has 1 aromatic heterocycles. The summed E-state index contributed by atoms with van der Waals surface area (Å²) in [6, 6.07) is 7.98. The maximum atomic E-state index is 5.78. The Labute approximate surface area is 107 Å². The summed E-state index contributed by atoms with van der Waals surface area (Å²) >= 11 is 0. The number of fused-ring (bicyclic) bond motifs is 1. The van der Waals surface area contributed by atoms with Gasteiger partial charge in [-0.25, -0.2) is 4.98 Å². The number of hydrogen-bond acceptors (Lipinski definition) is 4. The monoisotopic (exact) mass is 242 g/mol. The van der Waals surface area contributed by atoms with E-state index in [9.17, 15) is 0 Å². The van der Waals surface area contributed by atoms with Gasteiger partial charge in [0.15, 0.2) is 0 Å². The molecule has 4 heteroatoms. The van der Waals surface area contributed by atoms with Crippen molar-refractivity contribution < 1.29 is 0 Å². The fourth-order valence-electron chi connectivity index (χ4n) is 2.76. The fourth-order valence-corrected chi connectivity index (χ4v) is 2.76. The number of nitrogens with one attached hydrogen (secondary N) is 1. The zero-order valence-electron chi connectivity index (χ0n) is 10.6. The Morgan fingerprint density at radius 2 is 1.89 bits per heavy atom. The van der Waals surface area contributed by atoms with Gasteiger partial charge in [0.05, 0.1) is 5.52 Å². The van der Waals surface area contributed by atoms with Gasteiger partial charge in [0.2, 0.25) is 5.95 Å². The van der Waals surface area contributed by atoms with Crippen molar-refractivity contribution in [1.29, 1.82) is 0 Å². The third-order valence-corrected chi connectivity index (χ3v) is 3.75. The summed E-state index contributed by atoms with van der Waals surface area (Å²) in [7, 11) is 0. The molecule has 0 radical (unpaired) electrons. The van der Waals surface area contributed by atoms with Crippen LogP contribution in [-0.2, 0) is 0 Å². The predicted octanol–water partition coefficient (Wildman–Crippen LogP) is 2.96. The first kappa shape index (κ1) is 11.3. The minimum atomic E-state index is 0.142. The van der Waals surface area contributed by atoms with E-state index in [1.54, 1.807) is 0 Å². The zero-order valence-corrected chi connectivity index (χ0v) is 10.6. The number of nitrogen functional groups attached to an aromatic ring is 1. The van der Waals surface area contributed by atoms with Crippen LogP contribution in [0, 0.1) is 0 Å². The highest BCUT2D eigenvalue weighted by Crippen LogP contribution is 2.34. The van der Waals surface area contributed by atoms with Crippen LogP contribution in [0.5, 0.6) is 0 Å². The number of nitrogens with zero attached hydrogens (tertiary/aromatic N) is 2. The quantitative estimate of drug-likeness (QED) is 0.849. The molecule has 1 heterocycles. The zero-order chi connectivity index (χ0) is 12.6. The SMILES string of the molecule is CC1(Nc2nc(N)nc3ccccc23)CCCC1. The van der Waals surface area contributed by atoms with Crippen molar-refractivity contribution in [2.45, 2.75) is 38.1 Å². The first-order valence-electron chi connectivity index (χ1n) is 6.47. The van der Waals surface area contributed by atoms with Gasteiger partial charge in [0.25, 0.3) is 0 Å². The van der Waals surface area contributed by atoms with E-state index in [4.69, 9.17) is 5.73 Å². The van der Waals surface area contributed by atoms with Crippen molar-refractivity contribution in [3.63, 3.8) is 0 Å². The first-order valence-corrected chi connectivity index (χ1v) is 6.47. The second-order valence-corrected chi connectivity index (χ2v) is 5.34. The third-order valence-electron chi connectivity index (χ3n) is 3.75. The number of rotatable bonds is 2. The number of para-hydroxylation sites is 1. The van der Waals surface area contributed by atoms with E-state index in [2.05, 4.69) is 22.2 Å². The molecule has 4 nitrogen and oxygen atoms in total. The summed E-state index contributed by atoms with van der Waals surface area (Å²) in [5.74, 6) is 1.19. The Kier molecular flexibility index (Phi) is 2.58. The summed E-state index contributed by atoms with van der Waals surface area (Å²) in [6.07, 6.45) is 4.93. The van der Waals surface area contributed by atoms with Crippen LogP contribution in [-0.4, -0.2) is 15.5 Å². The molecule has 0 atom stereocenters. The number of aromatic nitrogens is 2. The van der Waals surface area contributed by atoms with Crippen LogP contribution in [0.4, 0.5) is 11.8 Å². The number of anilines is 2. The number of benzene rings is 1. The van der Waals surface area contributed by atoms with Gasteiger partial charge in [-0.2, -0.15) is 4.98 Å². The largest absolute Gasteiger partial charge is 0.368 e. The van der Waals surface area contributed by atoms with Crippen molar-refractivity contribution >= 4 is 22.7 Å². The molecular weight excluding hydrogens is 224 g/mol. The van der Waals surface area contributed by atoms with E-state index in [1.807, 2.05) is 24.3 Å². The summed E-state index contributed by atoms with van der Waals surface area (Å²) in [5.41, 5.74) is 6.82. The molecular formula is C14H18N4. The van der Waals surface area contributed by atoms with E-state index in [-0.39, 0.29) is 5.54 Å². The maximum absolute atomic E-state index is 5.78. The molecule has 0 bridgehead atoms. The lowest BCUT2D eigenvalue weighted by Crippen LogP contribution is -2.31. The van der Waals surface area contributed by atoms with Gasteiger partial charge in [-0.15, -0.1) is 0 Å². The smallest absolute Gasteiger partial charge is 0.222 e. The first-order chi connectivity index (χ1) is 8.66. The van der Waals surface area contributed by atoms with E-state index in [1.165, 1.54) is 25.7 Å². The molecule has 0 saturated heterocycles. The number of nitrogens with two attached hydrogens (primary N) is 1. The molecule has 1 aromatic carbocycles. The van der Waals surface area contributed by atoms with Crippen molar-refractivity contribution in [2.24, 2.45) is 0 Å². The molecule has 2 aromatic rings. The van der Waals surface area contributed by atoms with E-state index in [0.717, 1.165) is 16.7 Å². The average Bonchev–Trinajstić information content (AvgIpc) is 2.75. The summed E-state index contributed by atoms with van der Waals surface area (Å²) in [6.45, 7) is 2.26. The Morgan fingerprint density at radius 1 is 1.17 bits per heavy atom. The summed E-state index contributed by atoms with van der Waals surface area (Å²) < 4.78 is 0. The van der Waals surface area contributed by atoms with Crippen molar-refractivity contribution in [3.8, 4) is 0 Å². The lowest BCUT2D eigenvalue weighted by atomic mass is 10.0. The molecule has 94 valence electrons. The van der Waals surface area contributed by atoms with E-state index in [0.29, 0.717) is 5.95 Å². The van der Waals surface area contributed by atoms with E-state index >= 15 is 0 Å². The van der Waals surface area contributed by atoms with Crippen LogP contribution in [0.15, 0.2) is 24.3 Å². The van der Waals surface area contributed by atoms with Gasteiger partial charge in [-0.3, -0.25) is 0 Å². The second-order valence-electron chi connectivity index (χ2n) is 5.34. The van der Waals surface area contributed by atoms with Crippen LogP contribution in [0.25, 0.3) is 10.9 Å². The Balaban J connectivity index is 2.05. The fraction of sp³-hybridized carbons (Fsp3) is 0.429. The normalized spacial score (nSPS) is 18.1. The molecule has 3 rings (SSSR count). The lowest BCUT2D eigenvalue weighted by molar-refractivity contribution is 0.532. The van der Waals surface area contributed by atoms with Gasteiger partial charge in [-0.05, 0) is 31.9 Å². The standard InChI is InChI=1S/C14H18N4/c1-14(8-4-5-9-14)18-12-10-6-2-3-7-11(10)16-13(15)17-12/h2-3,6-7H,4-5,8-9H2,1H3,(H3,15,16,17,18).